The summed E-state index contributed by atoms with van der Waals surface area (Å²) in [4.78, 5) is 16.7. The number of nitrogens with one attached hydrogen (secondary N) is 1. The van der Waals surface area contributed by atoms with Crippen molar-refractivity contribution in [2.45, 2.75) is 38.5 Å². The zero-order valence-corrected chi connectivity index (χ0v) is 16.4. The molecule has 138 valence electrons. The smallest absolute Gasteiger partial charge is 0.164 e. The van der Waals surface area contributed by atoms with E-state index in [4.69, 9.17) is 9.97 Å². The predicted molar refractivity (Wildman–Crippen MR) is 114 cm³/mol. The molecule has 5 heteroatoms. The van der Waals surface area contributed by atoms with E-state index in [9.17, 15) is 0 Å². The molecule has 0 atom stereocenters. The molecule has 0 saturated heterocycles. The van der Waals surface area contributed by atoms with E-state index in [2.05, 4.69) is 28.5 Å². The van der Waals surface area contributed by atoms with Crippen molar-refractivity contribution in [3.05, 3.63) is 64.3 Å². The van der Waals surface area contributed by atoms with Gasteiger partial charge < -0.3 is 5.32 Å². The van der Waals surface area contributed by atoms with Crippen molar-refractivity contribution in [3.8, 4) is 11.4 Å². The monoisotopic (exact) mass is 384 g/mol. The van der Waals surface area contributed by atoms with Gasteiger partial charge in [-0.2, -0.15) is 0 Å². The first-order valence-electron chi connectivity index (χ1n) is 9.97. The van der Waals surface area contributed by atoms with Gasteiger partial charge in [0.15, 0.2) is 5.82 Å². The number of pyridine rings is 1. The van der Waals surface area contributed by atoms with E-state index in [1.165, 1.54) is 52.6 Å². The van der Waals surface area contributed by atoms with Gasteiger partial charge in [0.1, 0.15) is 10.6 Å². The highest BCUT2D eigenvalue weighted by Gasteiger charge is 2.23. The topological polar surface area (TPSA) is 50.7 Å². The van der Waals surface area contributed by atoms with Crippen LogP contribution in [0.2, 0.25) is 0 Å². The Labute approximate surface area is 167 Å². The third-order valence-electron chi connectivity index (χ3n) is 5.85. The maximum atomic E-state index is 4.95. The Hall–Kier alpha value is -2.79. The first-order chi connectivity index (χ1) is 13.8. The molecule has 28 heavy (non-hydrogen) atoms. The number of hydrogen-bond acceptors (Lipinski definition) is 5. The van der Waals surface area contributed by atoms with Crippen LogP contribution in [0.1, 0.15) is 34.4 Å². The molecular weight excluding hydrogens is 364 g/mol. The average molecular weight is 385 g/mol. The second-order valence-corrected chi connectivity index (χ2v) is 8.72. The number of thiophene rings is 1. The number of fused-ring (bicyclic) bond motifs is 4. The summed E-state index contributed by atoms with van der Waals surface area (Å²) in [6, 6.07) is 10.7. The maximum absolute atomic E-state index is 4.95. The highest BCUT2D eigenvalue weighted by atomic mass is 32.1. The maximum Gasteiger partial charge on any atom is 0.164 e. The van der Waals surface area contributed by atoms with Crippen molar-refractivity contribution in [2.75, 3.05) is 5.32 Å². The number of aryl methyl sites for hydroxylation is 4. The largest absolute Gasteiger partial charge is 0.340 e. The molecule has 4 aromatic rings. The summed E-state index contributed by atoms with van der Waals surface area (Å²) in [5.74, 6) is 1.67. The zero-order valence-electron chi connectivity index (χ0n) is 15.5. The molecule has 3 aromatic heterocycles. The molecular formula is C23H20N4S. The highest BCUT2D eigenvalue weighted by molar-refractivity contribution is 7.19. The van der Waals surface area contributed by atoms with Gasteiger partial charge in [0.2, 0.25) is 0 Å². The first kappa shape index (κ1) is 16.2. The SMILES string of the molecule is c1cncc(-c2nc(Nc3ccc4c(c3)CCC4)c3c4c(sc3n2)CCC4)c1. The van der Waals surface area contributed by atoms with Crippen molar-refractivity contribution < 1.29 is 0 Å². The van der Waals surface area contributed by atoms with Crippen molar-refractivity contribution in [1.82, 2.24) is 15.0 Å². The summed E-state index contributed by atoms with van der Waals surface area (Å²) in [6.07, 6.45) is 10.8. The van der Waals surface area contributed by atoms with E-state index in [1.54, 1.807) is 6.20 Å². The minimum absolute atomic E-state index is 0.740. The van der Waals surface area contributed by atoms with Crippen molar-refractivity contribution in [2.24, 2.45) is 0 Å². The predicted octanol–water partition coefficient (Wildman–Crippen LogP) is 5.47. The van der Waals surface area contributed by atoms with E-state index in [0.29, 0.717) is 0 Å². The summed E-state index contributed by atoms with van der Waals surface area (Å²) in [6.45, 7) is 0. The van der Waals surface area contributed by atoms with Crippen LogP contribution in [0.15, 0.2) is 42.7 Å². The van der Waals surface area contributed by atoms with Gasteiger partial charge >= 0.3 is 0 Å². The lowest BCUT2D eigenvalue weighted by atomic mass is 10.1. The molecule has 2 aliphatic rings. The van der Waals surface area contributed by atoms with Crippen LogP contribution in [0.5, 0.6) is 0 Å². The fraction of sp³-hybridized carbons (Fsp3) is 0.261. The molecule has 0 spiro atoms. The molecule has 0 fully saturated rings. The van der Waals surface area contributed by atoms with Gasteiger partial charge in [-0.15, -0.1) is 11.3 Å². The van der Waals surface area contributed by atoms with Gasteiger partial charge in [0.25, 0.3) is 0 Å². The summed E-state index contributed by atoms with van der Waals surface area (Å²) in [7, 11) is 0. The van der Waals surface area contributed by atoms with Gasteiger partial charge in [0, 0.05) is 28.5 Å². The number of anilines is 2. The van der Waals surface area contributed by atoms with Gasteiger partial charge in [-0.1, -0.05) is 6.07 Å². The summed E-state index contributed by atoms with van der Waals surface area (Å²) >= 11 is 1.83. The molecule has 6 rings (SSSR count). The third-order valence-corrected chi connectivity index (χ3v) is 7.03. The molecule has 0 aliphatic heterocycles. The Morgan fingerprint density at radius 2 is 1.86 bits per heavy atom. The lowest BCUT2D eigenvalue weighted by molar-refractivity contribution is 0.912. The van der Waals surface area contributed by atoms with Crippen LogP contribution in [0.4, 0.5) is 11.5 Å². The molecule has 0 amide bonds. The molecule has 3 heterocycles. The standard InChI is InChI=1S/C23H20N4S/c1-4-14-9-10-17(12-15(14)5-1)25-22-20-18-7-2-8-19(18)28-23(20)27-21(26-22)16-6-3-11-24-13-16/h3,6,9-13H,1-2,4-5,7-8H2,(H,25,26,27). The lowest BCUT2D eigenvalue weighted by Crippen LogP contribution is -2.00. The molecule has 1 N–H and O–H groups in total. The Bertz CT molecular complexity index is 1200. The second kappa shape index (κ2) is 6.38. The van der Waals surface area contributed by atoms with Gasteiger partial charge in [-0.3, -0.25) is 4.98 Å². The zero-order chi connectivity index (χ0) is 18.5. The van der Waals surface area contributed by atoms with E-state index in [-0.39, 0.29) is 0 Å². The van der Waals surface area contributed by atoms with E-state index in [0.717, 1.165) is 40.6 Å². The molecule has 0 saturated carbocycles. The minimum atomic E-state index is 0.740. The summed E-state index contributed by atoms with van der Waals surface area (Å²) in [5, 5.41) is 4.85. The van der Waals surface area contributed by atoms with Gasteiger partial charge in [-0.25, -0.2) is 9.97 Å². The van der Waals surface area contributed by atoms with Gasteiger partial charge in [0.05, 0.1) is 5.39 Å². The van der Waals surface area contributed by atoms with Crippen LogP contribution in [0, 0.1) is 0 Å². The lowest BCUT2D eigenvalue weighted by Gasteiger charge is -2.11. The molecule has 4 nitrogen and oxygen atoms in total. The highest BCUT2D eigenvalue weighted by Crippen LogP contribution is 2.41. The molecule has 0 radical (unpaired) electrons. The van der Waals surface area contributed by atoms with Gasteiger partial charge in [-0.05, 0) is 79.5 Å². The number of hydrogen-bond donors (Lipinski definition) is 1. The van der Waals surface area contributed by atoms with Crippen LogP contribution in [-0.2, 0) is 25.7 Å². The van der Waals surface area contributed by atoms with E-state index in [1.807, 2.05) is 29.7 Å². The quantitative estimate of drug-likeness (QED) is 0.508. The molecule has 0 bridgehead atoms. The van der Waals surface area contributed by atoms with Crippen LogP contribution < -0.4 is 5.32 Å². The Balaban J connectivity index is 1.51. The van der Waals surface area contributed by atoms with Crippen LogP contribution in [0.25, 0.3) is 21.6 Å². The molecule has 1 aromatic carbocycles. The summed E-state index contributed by atoms with van der Waals surface area (Å²) in [5.41, 5.74) is 6.48. The Morgan fingerprint density at radius 3 is 2.79 bits per heavy atom. The van der Waals surface area contributed by atoms with Crippen molar-refractivity contribution in [1.29, 1.82) is 0 Å². The van der Waals surface area contributed by atoms with Crippen molar-refractivity contribution >= 4 is 33.1 Å². The Kier molecular flexibility index (Phi) is 3.69. The van der Waals surface area contributed by atoms with Crippen LogP contribution in [0.3, 0.4) is 0 Å². The average Bonchev–Trinajstić information content (AvgIpc) is 3.43. The fourth-order valence-corrected chi connectivity index (χ4v) is 5.76. The van der Waals surface area contributed by atoms with E-state index < -0.39 is 0 Å². The minimum Gasteiger partial charge on any atom is -0.340 e. The van der Waals surface area contributed by atoms with Crippen molar-refractivity contribution in [3.63, 3.8) is 0 Å². The second-order valence-electron chi connectivity index (χ2n) is 7.64. The number of aromatic nitrogens is 3. The number of rotatable bonds is 3. The summed E-state index contributed by atoms with van der Waals surface area (Å²) < 4.78 is 0. The number of nitrogens with zero attached hydrogens (tertiary/aromatic N) is 3. The number of benzene rings is 1. The van der Waals surface area contributed by atoms with E-state index >= 15 is 0 Å². The Morgan fingerprint density at radius 1 is 0.929 bits per heavy atom. The normalized spacial score (nSPS) is 15.0. The molecule has 0 unspecified atom stereocenters. The first-order valence-corrected chi connectivity index (χ1v) is 10.8. The van der Waals surface area contributed by atoms with Crippen LogP contribution in [-0.4, -0.2) is 15.0 Å². The fourth-order valence-electron chi connectivity index (χ4n) is 4.50. The van der Waals surface area contributed by atoms with Crippen LogP contribution >= 0.6 is 11.3 Å². The molecule has 2 aliphatic carbocycles. The third kappa shape index (κ3) is 2.61.